The third-order valence-electron chi connectivity index (χ3n) is 2.95. The molecule has 1 aromatic rings. The van der Waals surface area contributed by atoms with Crippen molar-refractivity contribution in [2.24, 2.45) is 0 Å². The molecule has 92 valence electrons. The van der Waals surface area contributed by atoms with E-state index in [2.05, 4.69) is 0 Å². The van der Waals surface area contributed by atoms with E-state index in [1.54, 1.807) is 6.92 Å². The molecule has 0 bridgehead atoms. The summed E-state index contributed by atoms with van der Waals surface area (Å²) in [4.78, 5) is 13.5. The summed E-state index contributed by atoms with van der Waals surface area (Å²) in [5.41, 5.74) is 0.0270. The van der Waals surface area contributed by atoms with Gasteiger partial charge in [-0.1, -0.05) is 11.6 Å². The van der Waals surface area contributed by atoms with Gasteiger partial charge in [0.1, 0.15) is 0 Å². The highest BCUT2D eigenvalue weighted by Crippen LogP contribution is 2.28. The van der Waals surface area contributed by atoms with Gasteiger partial charge in [0.25, 0.3) is 5.91 Å². The van der Waals surface area contributed by atoms with E-state index in [4.69, 9.17) is 11.6 Å². The SMILES string of the molecule is Cc1cc(F)c(F)c(C(=O)N2CCCC2)c1Cl. The highest BCUT2D eigenvalue weighted by atomic mass is 35.5. The van der Waals surface area contributed by atoms with Gasteiger partial charge in [0.2, 0.25) is 0 Å². The highest BCUT2D eigenvalue weighted by molar-refractivity contribution is 6.34. The molecule has 0 spiro atoms. The van der Waals surface area contributed by atoms with Gasteiger partial charge < -0.3 is 4.90 Å². The fourth-order valence-corrected chi connectivity index (χ4v) is 2.21. The zero-order valence-electron chi connectivity index (χ0n) is 9.40. The van der Waals surface area contributed by atoms with Gasteiger partial charge in [-0.05, 0) is 31.4 Å². The summed E-state index contributed by atoms with van der Waals surface area (Å²) in [6.45, 7) is 2.69. The Hall–Kier alpha value is -1.16. The van der Waals surface area contributed by atoms with E-state index < -0.39 is 17.5 Å². The molecule has 1 amide bonds. The smallest absolute Gasteiger partial charge is 0.258 e. The average Bonchev–Trinajstić information content (AvgIpc) is 2.80. The number of aryl methyl sites for hydroxylation is 1. The summed E-state index contributed by atoms with van der Waals surface area (Å²) in [5, 5.41) is 0.000741. The number of benzene rings is 1. The largest absolute Gasteiger partial charge is 0.339 e. The predicted molar refractivity (Wildman–Crippen MR) is 61.2 cm³/mol. The molecule has 2 nitrogen and oxygen atoms in total. The molecular weight excluding hydrogens is 248 g/mol. The van der Waals surface area contributed by atoms with Crippen molar-refractivity contribution in [1.29, 1.82) is 0 Å². The summed E-state index contributed by atoms with van der Waals surface area (Å²) in [6, 6.07) is 0.998. The molecule has 0 N–H and O–H groups in total. The molecule has 0 aliphatic carbocycles. The van der Waals surface area contributed by atoms with Gasteiger partial charge in [-0.3, -0.25) is 4.79 Å². The van der Waals surface area contributed by atoms with E-state index in [1.807, 2.05) is 0 Å². The van der Waals surface area contributed by atoms with Crippen LogP contribution >= 0.6 is 11.6 Å². The lowest BCUT2D eigenvalue weighted by Crippen LogP contribution is -2.29. The van der Waals surface area contributed by atoms with E-state index in [9.17, 15) is 13.6 Å². The first-order valence-corrected chi connectivity index (χ1v) is 5.83. The van der Waals surface area contributed by atoms with Gasteiger partial charge in [0.05, 0.1) is 10.6 Å². The van der Waals surface area contributed by atoms with Crippen LogP contribution in [0, 0.1) is 18.6 Å². The Morgan fingerprint density at radius 3 is 2.53 bits per heavy atom. The van der Waals surface area contributed by atoms with E-state index >= 15 is 0 Å². The van der Waals surface area contributed by atoms with E-state index in [0.29, 0.717) is 18.7 Å². The molecule has 17 heavy (non-hydrogen) atoms. The molecule has 0 radical (unpaired) electrons. The van der Waals surface area contributed by atoms with Gasteiger partial charge in [0.15, 0.2) is 11.6 Å². The zero-order valence-corrected chi connectivity index (χ0v) is 10.2. The first-order chi connectivity index (χ1) is 8.02. The van der Waals surface area contributed by atoms with Crippen molar-refractivity contribution in [2.75, 3.05) is 13.1 Å². The minimum Gasteiger partial charge on any atom is -0.339 e. The predicted octanol–water partition coefficient (Wildman–Crippen LogP) is 3.16. The molecule has 0 aromatic heterocycles. The van der Waals surface area contributed by atoms with Gasteiger partial charge in [-0.15, -0.1) is 0 Å². The van der Waals surface area contributed by atoms with Crippen LogP contribution in [0.2, 0.25) is 5.02 Å². The van der Waals surface area contributed by atoms with Crippen molar-refractivity contribution in [2.45, 2.75) is 19.8 Å². The fraction of sp³-hybridized carbons (Fsp3) is 0.417. The minimum atomic E-state index is -1.16. The van der Waals surface area contributed by atoms with Crippen molar-refractivity contribution in [3.05, 3.63) is 33.9 Å². The summed E-state index contributed by atoms with van der Waals surface area (Å²) in [6.07, 6.45) is 1.78. The van der Waals surface area contributed by atoms with E-state index in [-0.39, 0.29) is 10.6 Å². The van der Waals surface area contributed by atoms with Gasteiger partial charge >= 0.3 is 0 Å². The lowest BCUT2D eigenvalue weighted by molar-refractivity contribution is 0.0787. The van der Waals surface area contributed by atoms with Crippen LogP contribution in [0.15, 0.2) is 6.07 Å². The molecule has 1 fully saturated rings. The molecule has 5 heteroatoms. The maximum atomic E-state index is 13.6. The standard InChI is InChI=1S/C12H12ClF2NO/c1-7-6-8(14)11(15)9(10(7)13)12(17)16-4-2-3-5-16/h6H,2-5H2,1H3. The Bertz CT molecular complexity index is 444. The first kappa shape index (κ1) is 12.3. The maximum Gasteiger partial charge on any atom is 0.258 e. The third kappa shape index (κ3) is 2.14. The van der Waals surface area contributed by atoms with E-state index in [1.165, 1.54) is 4.90 Å². The van der Waals surface area contributed by atoms with Crippen molar-refractivity contribution >= 4 is 17.5 Å². The van der Waals surface area contributed by atoms with E-state index in [0.717, 1.165) is 18.9 Å². The molecule has 1 aliphatic rings. The topological polar surface area (TPSA) is 20.3 Å². The summed E-state index contributed by atoms with van der Waals surface area (Å²) in [7, 11) is 0. The summed E-state index contributed by atoms with van der Waals surface area (Å²) >= 11 is 5.89. The van der Waals surface area contributed by atoms with Crippen LogP contribution in [0.1, 0.15) is 28.8 Å². The van der Waals surface area contributed by atoms with Crippen molar-refractivity contribution in [3.63, 3.8) is 0 Å². The second-order valence-electron chi connectivity index (χ2n) is 4.18. The van der Waals surface area contributed by atoms with Gasteiger partial charge in [0, 0.05) is 13.1 Å². The van der Waals surface area contributed by atoms with Gasteiger partial charge in [-0.25, -0.2) is 8.78 Å². The Labute approximate surface area is 103 Å². The number of hydrogen-bond acceptors (Lipinski definition) is 1. The second-order valence-corrected chi connectivity index (χ2v) is 4.56. The molecule has 0 atom stereocenters. The molecule has 0 unspecified atom stereocenters. The second kappa shape index (κ2) is 4.61. The van der Waals surface area contributed by atoms with Crippen LogP contribution in [0.4, 0.5) is 8.78 Å². The zero-order chi connectivity index (χ0) is 12.6. The van der Waals surface area contributed by atoms with Crippen LogP contribution in [0.3, 0.4) is 0 Å². The number of hydrogen-bond donors (Lipinski definition) is 0. The Morgan fingerprint density at radius 1 is 1.35 bits per heavy atom. The Morgan fingerprint density at radius 2 is 1.94 bits per heavy atom. The van der Waals surface area contributed by atoms with Crippen molar-refractivity contribution < 1.29 is 13.6 Å². The van der Waals surface area contributed by atoms with Crippen LogP contribution in [0.25, 0.3) is 0 Å². The van der Waals surface area contributed by atoms with Crippen molar-refractivity contribution in [3.8, 4) is 0 Å². The summed E-state index contributed by atoms with van der Waals surface area (Å²) < 4.78 is 26.9. The summed E-state index contributed by atoms with van der Waals surface area (Å²) in [5.74, 6) is -2.71. The number of rotatable bonds is 1. The molecule has 1 saturated heterocycles. The lowest BCUT2D eigenvalue weighted by atomic mass is 10.1. The fourth-order valence-electron chi connectivity index (χ4n) is 2.00. The quantitative estimate of drug-likeness (QED) is 0.710. The number of halogens is 3. The number of carbonyl (C=O) groups is 1. The monoisotopic (exact) mass is 259 g/mol. The molecule has 2 rings (SSSR count). The Kier molecular flexibility index (Phi) is 3.33. The average molecular weight is 260 g/mol. The minimum absolute atomic E-state index is 0.000741. The lowest BCUT2D eigenvalue weighted by Gasteiger charge is -2.17. The van der Waals surface area contributed by atoms with Crippen molar-refractivity contribution in [1.82, 2.24) is 4.90 Å². The molecule has 1 aliphatic heterocycles. The molecule has 1 aromatic carbocycles. The van der Waals surface area contributed by atoms with Crippen LogP contribution in [-0.2, 0) is 0 Å². The number of likely N-dealkylation sites (tertiary alicyclic amines) is 1. The maximum absolute atomic E-state index is 13.6. The number of amides is 1. The van der Waals surface area contributed by atoms with Crippen LogP contribution in [0.5, 0.6) is 0 Å². The third-order valence-corrected chi connectivity index (χ3v) is 3.43. The van der Waals surface area contributed by atoms with Crippen LogP contribution in [-0.4, -0.2) is 23.9 Å². The normalized spacial score (nSPS) is 15.4. The highest BCUT2D eigenvalue weighted by Gasteiger charge is 2.27. The molecule has 1 heterocycles. The first-order valence-electron chi connectivity index (χ1n) is 5.45. The number of nitrogens with zero attached hydrogens (tertiary/aromatic N) is 1. The van der Waals surface area contributed by atoms with Crippen LogP contribution < -0.4 is 0 Å². The molecular formula is C12H12ClF2NO. The number of carbonyl (C=O) groups excluding carboxylic acids is 1. The molecule has 0 saturated carbocycles. The van der Waals surface area contributed by atoms with Gasteiger partial charge in [-0.2, -0.15) is 0 Å². The Balaban J connectivity index is 2.46.